The van der Waals surface area contributed by atoms with Crippen molar-refractivity contribution in [3.05, 3.63) is 64.7 Å². The van der Waals surface area contributed by atoms with E-state index in [0.29, 0.717) is 22.8 Å². The van der Waals surface area contributed by atoms with Crippen molar-refractivity contribution in [1.82, 2.24) is 14.3 Å². The molecule has 1 fully saturated rings. The largest absolute Gasteiger partial charge is 0.372 e. The highest BCUT2D eigenvalue weighted by Crippen LogP contribution is 2.21. The van der Waals surface area contributed by atoms with Crippen LogP contribution < -0.4 is 9.80 Å². The molecule has 1 N–H and O–H groups in total. The number of hydrogen-bond donors (Lipinski definition) is 1. The van der Waals surface area contributed by atoms with Crippen molar-refractivity contribution < 1.29 is 9.29 Å². The maximum Gasteiger partial charge on any atom is 0.202 e. The Labute approximate surface area is 182 Å². The van der Waals surface area contributed by atoms with Crippen molar-refractivity contribution in [2.75, 3.05) is 25.0 Å². The zero-order valence-electron chi connectivity index (χ0n) is 17.6. The molecule has 0 saturated carbocycles. The van der Waals surface area contributed by atoms with Gasteiger partial charge in [-0.25, -0.2) is 4.39 Å². The zero-order valence-corrected chi connectivity index (χ0v) is 18.5. The van der Waals surface area contributed by atoms with E-state index in [1.54, 1.807) is 21.4 Å². The van der Waals surface area contributed by atoms with Gasteiger partial charge in [0.2, 0.25) is 4.77 Å². The predicted octanol–water partition coefficient (Wildman–Crippen LogP) is 3.42. The molecular weight excluding hydrogens is 397 g/mol. The number of nitrogens with one attached hydrogen (secondary N) is 1. The summed E-state index contributed by atoms with van der Waals surface area (Å²) >= 11 is 5.55. The van der Waals surface area contributed by atoms with E-state index in [0.717, 1.165) is 19.6 Å². The quantitative estimate of drug-likeness (QED) is 0.613. The average Bonchev–Trinajstić information content (AvgIpc) is 3.03. The molecule has 4 rings (SSSR count). The number of rotatable bonds is 6. The van der Waals surface area contributed by atoms with Gasteiger partial charge in [0, 0.05) is 31.4 Å². The fraction of sp³-hybridized carbons (Fsp3) is 0.391. The van der Waals surface area contributed by atoms with Crippen molar-refractivity contribution in [2.24, 2.45) is 7.05 Å². The molecule has 1 aliphatic heterocycles. The van der Waals surface area contributed by atoms with Crippen molar-refractivity contribution in [1.29, 1.82) is 0 Å². The summed E-state index contributed by atoms with van der Waals surface area (Å²) in [7, 11) is 3.96. The van der Waals surface area contributed by atoms with Crippen LogP contribution in [0.5, 0.6) is 0 Å². The van der Waals surface area contributed by atoms with Gasteiger partial charge >= 0.3 is 0 Å². The molecule has 0 bridgehead atoms. The Kier molecular flexibility index (Phi) is 6.29. The third-order valence-electron chi connectivity index (χ3n) is 5.74. The van der Waals surface area contributed by atoms with Gasteiger partial charge in [-0.05, 0) is 55.7 Å². The van der Waals surface area contributed by atoms with Gasteiger partial charge in [0.05, 0.1) is 12.6 Å². The molecule has 1 atom stereocenters. The number of aromatic nitrogens is 3. The molecular formula is C23H29FN5S+. The molecule has 1 saturated heterocycles. The smallest absolute Gasteiger partial charge is 0.202 e. The van der Waals surface area contributed by atoms with Gasteiger partial charge in [0.25, 0.3) is 0 Å². The minimum absolute atomic E-state index is 0.290. The van der Waals surface area contributed by atoms with Gasteiger partial charge in [0.15, 0.2) is 12.5 Å². The van der Waals surface area contributed by atoms with E-state index in [9.17, 15) is 4.39 Å². The van der Waals surface area contributed by atoms with Crippen LogP contribution in [-0.2, 0) is 20.3 Å². The molecule has 0 amide bonds. The lowest BCUT2D eigenvalue weighted by atomic mass is 10.1. The Morgan fingerprint density at radius 3 is 2.43 bits per heavy atom. The lowest BCUT2D eigenvalue weighted by molar-refractivity contribution is -0.917. The summed E-state index contributed by atoms with van der Waals surface area (Å²) in [6.45, 7) is 3.81. The molecule has 2 heterocycles. The van der Waals surface area contributed by atoms with Gasteiger partial charge in [-0.1, -0.05) is 24.3 Å². The Hall–Kier alpha value is -2.51. The van der Waals surface area contributed by atoms with E-state index in [1.165, 1.54) is 41.5 Å². The van der Waals surface area contributed by atoms with Crippen LogP contribution in [0.3, 0.4) is 0 Å². The third kappa shape index (κ3) is 4.47. The second kappa shape index (κ2) is 9.10. The van der Waals surface area contributed by atoms with E-state index < -0.39 is 0 Å². The summed E-state index contributed by atoms with van der Waals surface area (Å²) in [5, 5.41) is 4.61. The summed E-state index contributed by atoms with van der Waals surface area (Å²) < 4.78 is 18.4. The van der Waals surface area contributed by atoms with Crippen molar-refractivity contribution in [2.45, 2.75) is 32.5 Å². The third-order valence-corrected chi connectivity index (χ3v) is 6.22. The topological polar surface area (TPSA) is 30.4 Å². The lowest BCUT2D eigenvalue weighted by Gasteiger charge is -2.28. The molecule has 30 heavy (non-hydrogen) atoms. The lowest BCUT2D eigenvalue weighted by Crippen LogP contribution is -3.07. The fourth-order valence-corrected chi connectivity index (χ4v) is 4.30. The molecule has 0 aliphatic carbocycles. The van der Waals surface area contributed by atoms with E-state index in [-0.39, 0.29) is 5.82 Å². The summed E-state index contributed by atoms with van der Waals surface area (Å²) in [4.78, 5) is 3.73. The maximum absolute atomic E-state index is 14.2. The maximum atomic E-state index is 14.2. The van der Waals surface area contributed by atoms with Gasteiger partial charge in [-0.15, -0.1) is 5.10 Å². The molecule has 5 nitrogen and oxygen atoms in total. The molecule has 1 aromatic heterocycles. The molecule has 0 radical (unpaired) electrons. The average molecular weight is 427 g/mol. The summed E-state index contributed by atoms with van der Waals surface area (Å²) in [5.41, 5.74) is 3.07. The van der Waals surface area contributed by atoms with Gasteiger partial charge < -0.3 is 14.4 Å². The van der Waals surface area contributed by atoms with Crippen LogP contribution in [0.1, 0.15) is 24.8 Å². The van der Waals surface area contributed by atoms with E-state index in [2.05, 4.69) is 41.3 Å². The number of benzene rings is 2. The van der Waals surface area contributed by atoms with Crippen molar-refractivity contribution in [3.63, 3.8) is 0 Å². The van der Waals surface area contributed by atoms with Crippen LogP contribution in [0.4, 0.5) is 10.1 Å². The highest BCUT2D eigenvalue weighted by molar-refractivity contribution is 7.71. The number of piperidine rings is 1. The number of anilines is 1. The molecule has 7 heteroatoms. The first-order chi connectivity index (χ1) is 14.5. The monoisotopic (exact) mass is 426 g/mol. The van der Waals surface area contributed by atoms with E-state index in [4.69, 9.17) is 12.2 Å². The first kappa shape index (κ1) is 20.8. The predicted molar refractivity (Wildman–Crippen MR) is 121 cm³/mol. The summed E-state index contributed by atoms with van der Waals surface area (Å²) in [6.07, 6.45) is 3.92. The van der Waals surface area contributed by atoms with Crippen molar-refractivity contribution in [3.8, 4) is 11.4 Å². The minimum atomic E-state index is -0.290. The summed E-state index contributed by atoms with van der Waals surface area (Å²) in [6, 6.07) is 15.6. The van der Waals surface area contributed by atoms with Crippen LogP contribution in [0.25, 0.3) is 11.4 Å². The SMILES string of the molecule is Cn1c(-c2ccccc2F)nn(C[NH+](C)Cc2ccc(N3CCCCC3)cc2)c1=S. The number of halogens is 1. The highest BCUT2D eigenvalue weighted by Gasteiger charge is 2.16. The molecule has 1 aliphatic rings. The van der Waals surface area contributed by atoms with E-state index >= 15 is 0 Å². The van der Waals surface area contributed by atoms with Crippen LogP contribution in [0, 0.1) is 10.6 Å². The van der Waals surface area contributed by atoms with Crippen molar-refractivity contribution >= 4 is 17.9 Å². The van der Waals surface area contributed by atoms with Gasteiger partial charge in [0.1, 0.15) is 12.4 Å². The number of hydrogen-bond acceptors (Lipinski definition) is 3. The zero-order chi connectivity index (χ0) is 21.1. The highest BCUT2D eigenvalue weighted by atomic mass is 32.1. The number of quaternary nitrogens is 1. The van der Waals surface area contributed by atoms with Crippen LogP contribution >= 0.6 is 12.2 Å². The normalized spacial score (nSPS) is 15.4. The molecule has 2 aromatic carbocycles. The molecule has 158 valence electrons. The van der Waals surface area contributed by atoms with Gasteiger partial charge in [-0.3, -0.25) is 0 Å². The van der Waals surface area contributed by atoms with E-state index in [1.807, 2.05) is 13.1 Å². The Balaban J connectivity index is 1.44. The first-order valence-electron chi connectivity index (χ1n) is 10.6. The second-order valence-corrected chi connectivity index (χ2v) is 8.52. The summed E-state index contributed by atoms with van der Waals surface area (Å²) in [5.74, 6) is 0.263. The fourth-order valence-electron chi connectivity index (χ4n) is 4.10. The van der Waals surface area contributed by atoms with Crippen LogP contribution in [0.2, 0.25) is 0 Å². The molecule has 3 aromatic rings. The second-order valence-electron chi connectivity index (χ2n) is 8.15. The minimum Gasteiger partial charge on any atom is -0.372 e. The molecule has 1 unspecified atom stereocenters. The Bertz CT molecular complexity index is 1050. The molecule has 0 spiro atoms. The standard InChI is InChI=1S/C23H28FN5S/c1-26(16-18-10-12-19(13-11-18)28-14-6-3-7-15-28)17-29-23(30)27(2)22(25-29)20-8-4-5-9-21(20)24/h4-5,8-13H,3,6-7,14-17H2,1-2H3/p+1. The van der Waals surface area contributed by atoms with Gasteiger partial charge in [-0.2, -0.15) is 4.68 Å². The first-order valence-corrected chi connectivity index (χ1v) is 11.0. The Morgan fingerprint density at radius 1 is 1.03 bits per heavy atom. The van der Waals surface area contributed by atoms with Crippen LogP contribution in [0.15, 0.2) is 48.5 Å². The number of nitrogens with zero attached hydrogens (tertiary/aromatic N) is 4. The van der Waals surface area contributed by atoms with Crippen LogP contribution in [-0.4, -0.2) is 34.5 Å². The Morgan fingerprint density at radius 2 is 1.73 bits per heavy atom.